The van der Waals surface area contributed by atoms with E-state index in [0.717, 1.165) is 0 Å². The zero-order valence-corrected chi connectivity index (χ0v) is 13.5. The standard InChI is InChI=1S/C15H15N5O2S/c1-9(2)7-20-14(22)11-6-4-3-5-10(11)12(19-20)13(21)17-15-18-16-8-23-15/h3-6,8-9H,7H2,1-2H3,(H,17,18,21). The van der Waals surface area contributed by atoms with Crippen molar-refractivity contribution in [2.45, 2.75) is 20.4 Å². The summed E-state index contributed by atoms with van der Waals surface area (Å²) in [7, 11) is 0. The van der Waals surface area contributed by atoms with Gasteiger partial charge in [0.05, 0.1) is 5.39 Å². The molecular formula is C15H15N5O2S. The van der Waals surface area contributed by atoms with Crippen LogP contribution in [0.25, 0.3) is 10.8 Å². The number of amides is 1. The van der Waals surface area contributed by atoms with Gasteiger partial charge in [0.2, 0.25) is 5.13 Å². The van der Waals surface area contributed by atoms with E-state index in [4.69, 9.17) is 0 Å². The third-order valence-corrected chi connectivity index (χ3v) is 3.81. The van der Waals surface area contributed by atoms with Crippen molar-refractivity contribution in [1.29, 1.82) is 0 Å². The highest BCUT2D eigenvalue weighted by Gasteiger charge is 2.18. The fourth-order valence-electron chi connectivity index (χ4n) is 2.26. The molecule has 3 rings (SSSR count). The molecule has 118 valence electrons. The number of benzene rings is 1. The molecule has 0 aliphatic rings. The summed E-state index contributed by atoms with van der Waals surface area (Å²) in [4.78, 5) is 25.0. The maximum Gasteiger partial charge on any atom is 0.278 e. The fraction of sp³-hybridized carbons (Fsp3) is 0.267. The summed E-state index contributed by atoms with van der Waals surface area (Å²) >= 11 is 1.22. The summed E-state index contributed by atoms with van der Waals surface area (Å²) in [6, 6.07) is 6.98. The van der Waals surface area contributed by atoms with Crippen LogP contribution in [0.4, 0.5) is 5.13 Å². The van der Waals surface area contributed by atoms with E-state index in [9.17, 15) is 9.59 Å². The van der Waals surface area contributed by atoms with Gasteiger partial charge in [-0.05, 0) is 12.0 Å². The predicted octanol–water partition coefficient (Wildman–Crippen LogP) is 2.16. The van der Waals surface area contributed by atoms with E-state index in [1.807, 2.05) is 13.8 Å². The minimum atomic E-state index is -0.407. The predicted molar refractivity (Wildman–Crippen MR) is 88.7 cm³/mol. The van der Waals surface area contributed by atoms with Crippen LogP contribution in [0.5, 0.6) is 0 Å². The van der Waals surface area contributed by atoms with Crippen molar-refractivity contribution in [3.05, 3.63) is 45.8 Å². The molecule has 1 amide bonds. The highest BCUT2D eigenvalue weighted by molar-refractivity contribution is 7.13. The van der Waals surface area contributed by atoms with Gasteiger partial charge in [-0.15, -0.1) is 10.2 Å². The fourth-order valence-corrected chi connectivity index (χ4v) is 2.70. The lowest BCUT2D eigenvalue weighted by Crippen LogP contribution is -2.29. The average molecular weight is 329 g/mol. The Labute approximate surface area is 136 Å². The van der Waals surface area contributed by atoms with Crippen LogP contribution < -0.4 is 10.9 Å². The number of nitrogens with one attached hydrogen (secondary N) is 1. The molecule has 0 aliphatic heterocycles. The Balaban J connectivity index is 2.12. The van der Waals surface area contributed by atoms with E-state index >= 15 is 0 Å². The van der Waals surface area contributed by atoms with E-state index < -0.39 is 5.91 Å². The number of hydrogen-bond acceptors (Lipinski definition) is 6. The first kappa shape index (κ1) is 15.3. The molecule has 0 spiro atoms. The summed E-state index contributed by atoms with van der Waals surface area (Å²) in [6.45, 7) is 4.43. The zero-order valence-electron chi connectivity index (χ0n) is 12.7. The van der Waals surface area contributed by atoms with E-state index in [0.29, 0.717) is 22.4 Å². The van der Waals surface area contributed by atoms with Gasteiger partial charge in [-0.2, -0.15) is 5.10 Å². The molecule has 0 unspecified atom stereocenters. The molecule has 0 bridgehead atoms. The lowest BCUT2D eigenvalue weighted by atomic mass is 10.1. The van der Waals surface area contributed by atoms with Crippen LogP contribution in [0, 0.1) is 5.92 Å². The summed E-state index contributed by atoms with van der Waals surface area (Å²) in [5, 5.41) is 15.8. The second kappa shape index (κ2) is 6.25. The van der Waals surface area contributed by atoms with Crippen molar-refractivity contribution in [1.82, 2.24) is 20.0 Å². The smallest absolute Gasteiger partial charge is 0.278 e. The van der Waals surface area contributed by atoms with Gasteiger partial charge in [0.15, 0.2) is 5.69 Å². The molecule has 1 N–H and O–H groups in total. The molecule has 0 saturated heterocycles. The number of hydrogen-bond donors (Lipinski definition) is 1. The van der Waals surface area contributed by atoms with Crippen molar-refractivity contribution in [2.75, 3.05) is 5.32 Å². The molecule has 0 radical (unpaired) electrons. The van der Waals surface area contributed by atoms with Gasteiger partial charge in [-0.3, -0.25) is 14.9 Å². The van der Waals surface area contributed by atoms with E-state index in [1.54, 1.807) is 24.3 Å². The van der Waals surface area contributed by atoms with Crippen LogP contribution in [0.15, 0.2) is 34.6 Å². The Morgan fingerprint density at radius 1 is 1.30 bits per heavy atom. The summed E-state index contributed by atoms with van der Waals surface area (Å²) in [5.74, 6) is -0.170. The van der Waals surface area contributed by atoms with Crippen molar-refractivity contribution >= 4 is 33.1 Å². The monoisotopic (exact) mass is 329 g/mol. The molecule has 0 atom stereocenters. The van der Waals surface area contributed by atoms with Crippen LogP contribution in [0.1, 0.15) is 24.3 Å². The number of fused-ring (bicyclic) bond motifs is 1. The Bertz CT molecular complexity index is 902. The van der Waals surface area contributed by atoms with Gasteiger partial charge >= 0.3 is 0 Å². The maximum absolute atomic E-state index is 12.5. The minimum Gasteiger partial charge on any atom is -0.295 e. The van der Waals surface area contributed by atoms with Crippen molar-refractivity contribution in [3.63, 3.8) is 0 Å². The van der Waals surface area contributed by atoms with Crippen LogP contribution in [0.2, 0.25) is 0 Å². The number of anilines is 1. The first-order chi connectivity index (χ1) is 11.1. The van der Waals surface area contributed by atoms with Gasteiger partial charge < -0.3 is 0 Å². The van der Waals surface area contributed by atoms with Crippen molar-refractivity contribution in [2.24, 2.45) is 5.92 Å². The molecule has 7 nitrogen and oxygen atoms in total. The first-order valence-electron chi connectivity index (χ1n) is 7.13. The van der Waals surface area contributed by atoms with Crippen molar-refractivity contribution < 1.29 is 4.79 Å². The molecule has 3 aromatic rings. The third-order valence-electron chi connectivity index (χ3n) is 3.20. The Morgan fingerprint density at radius 2 is 2.04 bits per heavy atom. The van der Waals surface area contributed by atoms with Gasteiger partial charge in [-0.1, -0.05) is 43.4 Å². The summed E-state index contributed by atoms with van der Waals surface area (Å²) < 4.78 is 1.35. The Kier molecular flexibility index (Phi) is 4.16. The number of aromatic nitrogens is 4. The topological polar surface area (TPSA) is 89.8 Å². The minimum absolute atomic E-state index is 0.193. The van der Waals surface area contributed by atoms with E-state index in [2.05, 4.69) is 20.6 Å². The van der Waals surface area contributed by atoms with Crippen LogP contribution in [-0.2, 0) is 6.54 Å². The quantitative estimate of drug-likeness (QED) is 0.792. The molecule has 8 heteroatoms. The van der Waals surface area contributed by atoms with Crippen LogP contribution in [-0.4, -0.2) is 25.9 Å². The largest absolute Gasteiger partial charge is 0.295 e. The molecule has 1 aromatic carbocycles. The van der Waals surface area contributed by atoms with Crippen LogP contribution in [0.3, 0.4) is 0 Å². The number of nitrogens with zero attached hydrogens (tertiary/aromatic N) is 4. The second-order valence-corrected chi connectivity index (χ2v) is 6.31. The van der Waals surface area contributed by atoms with E-state index in [1.165, 1.54) is 21.5 Å². The third kappa shape index (κ3) is 3.11. The lowest BCUT2D eigenvalue weighted by Gasteiger charge is -2.12. The number of rotatable bonds is 4. The van der Waals surface area contributed by atoms with E-state index in [-0.39, 0.29) is 17.2 Å². The molecule has 0 saturated carbocycles. The number of carbonyl (C=O) groups is 1. The highest BCUT2D eigenvalue weighted by atomic mass is 32.1. The Morgan fingerprint density at radius 3 is 2.70 bits per heavy atom. The summed E-state index contributed by atoms with van der Waals surface area (Å²) in [5.41, 5.74) is 1.54. The number of carbonyl (C=O) groups excluding carboxylic acids is 1. The molecule has 2 aromatic heterocycles. The first-order valence-corrected chi connectivity index (χ1v) is 8.01. The van der Waals surface area contributed by atoms with Gasteiger partial charge in [0.25, 0.3) is 11.5 Å². The van der Waals surface area contributed by atoms with Gasteiger partial charge in [0, 0.05) is 11.9 Å². The second-order valence-electron chi connectivity index (χ2n) is 5.47. The van der Waals surface area contributed by atoms with Gasteiger partial charge in [0.1, 0.15) is 5.51 Å². The molecule has 23 heavy (non-hydrogen) atoms. The van der Waals surface area contributed by atoms with Gasteiger partial charge in [-0.25, -0.2) is 4.68 Å². The van der Waals surface area contributed by atoms with Crippen molar-refractivity contribution in [3.8, 4) is 0 Å². The SMILES string of the molecule is CC(C)Cn1nc(C(=O)Nc2nncs2)c2ccccc2c1=O. The zero-order chi connectivity index (χ0) is 16.4. The molecule has 0 aliphatic carbocycles. The molecule has 2 heterocycles. The average Bonchev–Trinajstić information content (AvgIpc) is 3.02. The highest BCUT2D eigenvalue weighted by Crippen LogP contribution is 2.16. The Hall–Kier alpha value is -2.61. The normalized spacial score (nSPS) is 11.1. The maximum atomic E-state index is 12.5. The summed E-state index contributed by atoms with van der Waals surface area (Å²) in [6.07, 6.45) is 0. The molecule has 0 fully saturated rings. The van der Waals surface area contributed by atoms with Crippen LogP contribution >= 0.6 is 11.3 Å². The lowest BCUT2D eigenvalue weighted by molar-refractivity contribution is 0.102. The molecular weight excluding hydrogens is 314 g/mol.